The molecule has 1 aliphatic heterocycles. The number of aliphatic imine (C=N–C) groups is 1. The molecule has 0 aromatic heterocycles. The lowest BCUT2D eigenvalue weighted by atomic mass is 9.77. The fourth-order valence-electron chi connectivity index (χ4n) is 2.11. The van der Waals surface area contributed by atoms with Crippen molar-refractivity contribution < 1.29 is 14.7 Å². The number of rotatable bonds is 1. The topological polar surface area (TPSA) is 78.8 Å². The van der Waals surface area contributed by atoms with E-state index in [1.54, 1.807) is 0 Å². The highest BCUT2D eigenvalue weighted by molar-refractivity contribution is 6.00. The lowest BCUT2D eigenvalue weighted by molar-refractivity contribution is -0.144. The molecule has 1 heterocycles. The third-order valence-electron chi connectivity index (χ3n) is 3.09. The molecule has 14 heavy (non-hydrogen) atoms. The maximum Gasteiger partial charge on any atom is 0.306 e. The van der Waals surface area contributed by atoms with Crippen LogP contribution < -0.4 is 5.32 Å². The number of aliphatic carboxylic acids is 1. The summed E-state index contributed by atoms with van der Waals surface area (Å²) < 4.78 is 0. The van der Waals surface area contributed by atoms with Gasteiger partial charge >= 0.3 is 5.97 Å². The molecule has 1 aliphatic carbocycles. The summed E-state index contributed by atoms with van der Waals surface area (Å²) in [5, 5.41) is 11.3. The summed E-state index contributed by atoms with van der Waals surface area (Å²) in [6, 6.07) is 0. The molecule has 76 valence electrons. The van der Waals surface area contributed by atoms with Crippen molar-refractivity contribution in [2.75, 3.05) is 0 Å². The Balaban J connectivity index is 2.05. The van der Waals surface area contributed by atoms with E-state index in [9.17, 15) is 9.59 Å². The van der Waals surface area contributed by atoms with E-state index in [1.165, 1.54) is 6.34 Å². The summed E-state index contributed by atoms with van der Waals surface area (Å²) in [5.41, 5.74) is -0.647. The van der Waals surface area contributed by atoms with Crippen LogP contribution in [0.1, 0.15) is 25.7 Å². The Bertz CT molecular complexity index is 303. The number of hydrogen-bond acceptors (Lipinski definition) is 3. The zero-order chi connectivity index (χ0) is 10.2. The standard InChI is InChI=1S/C9H12N2O3/c12-7(13)6-1-3-9(4-2-6)8(14)10-5-11-9/h5-6H,1-4H2,(H,12,13)(H,10,11,14). The molecule has 5 heteroatoms. The number of amides is 1. The maximum atomic E-state index is 11.4. The molecule has 0 saturated heterocycles. The zero-order valence-electron chi connectivity index (χ0n) is 7.69. The van der Waals surface area contributed by atoms with Crippen LogP contribution in [0.15, 0.2) is 4.99 Å². The SMILES string of the molecule is O=C(O)C1CCC2(CC1)N=CNC2=O. The van der Waals surface area contributed by atoms with Gasteiger partial charge in [0.05, 0.1) is 12.3 Å². The molecule has 0 unspecified atom stereocenters. The number of carbonyl (C=O) groups is 2. The van der Waals surface area contributed by atoms with Crippen LogP contribution in [-0.4, -0.2) is 28.9 Å². The molecule has 5 nitrogen and oxygen atoms in total. The third kappa shape index (κ3) is 1.29. The van der Waals surface area contributed by atoms with Crippen molar-refractivity contribution in [3.05, 3.63) is 0 Å². The van der Waals surface area contributed by atoms with Gasteiger partial charge in [-0.2, -0.15) is 0 Å². The molecule has 2 N–H and O–H groups in total. The monoisotopic (exact) mass is 196 g/mol. The van der Waals surface area contributed by atoms with Crippen molar-refractivity contribution in [1.29, 1.82) is 0 Å². The predicted octanol–water partition coefficient (Wildman–Crippen LogP) is 0.158. The molecular formula is C9H12N2O3. The molecule has 0 radical (unpaired) electrons. The van der Waals surface area contributed by atoms with Crippen LogP contribution in [-0.2, 0) is 9.59 Å². The Kier molecular flexibility index (Phi) is 2.02. The summed E-state index contributed by atoms with van der Waals surface area (Å²) >= 11 is 0. The normalized spacial score (nSPS) is 36.0. The van der Waals surface area contributed by atoms with Crippen molar-refractivity contribution in [3.63, 3.8) is 0 Å². The molecule has 1 spiro atoms. The van der Waals surface area contributed by atoms with Gasteiger partial charge in [-0.15, -0.1) is 0 Å². The number of carbonyl (C=O) groups excluding carboxylic acids is 1. The number of carboxylic acid groups (broad SMARTS) is 1. The van der Waals surface area contributed by atoms with E-state index < -0.39 is 11.5 Å². The van der Waals surface area contributed by atoms with Crippen LogP contribution in [0, 0.1) is 5.92 Å². The Morgan fingerprint density at radius 2 is 2.21 bits per heavy atom. The summed E-state index contributed by atoms with van der Waals surface area (Å²) in [4.78, 5) is 26.3. The molecule has 2 rings (SSSR count). The van der Waals surface area contributed by atoms with Gasteiger partial charge in [0.25, 0.3) is 5.91 Å². The van der Waals surface area contributed by atoms with E-state index in [0.29, 0.717) is 25.7 Å². The van der Waals surface area contributed by atoms with E-state index in [-0.39, 0.29) is 11.8 Å². The second-order valence-electron chi connectivity index (χ2n) is 3.88. The van der Waals surface area contributed by atoms with E-state index in [4.69, 9.17) is 5.11 Å². The number of nitrogens with one attached hydrogen (secondary N) is 1. The van der Waals surface area contributed by atoms with Crippen molar-refractivity contribution in [2.24, 2.45) is 10.9 Å². The van der Waals surface area contributed by atoms with Crippen LogP contribution in [0.5, 0.6) is 0 Å². The number of carboxylic acids is 1. The van der Waals surface area contributed by atoms with Crippen molar-refractivity contribution in [1.82, 2.24) is 5.32 Å². The molecular weight excluding hydrogens is 184 g/mol. The van der Waals surface area contributed by atoms with E-state index >= 15 is 0 Å². The molecule has 0 aromatic rings. The van der Waals surface area contributed by atoms with Gasteiger partial charge in [-0.3, -0.25) is 14.6 Å². The highest BCUT2D eigenvalue weighted by Crippen LogP contribution is 2.36. The second-order valence-corrected chi connectivity index (χ2v) is 3.88. The van der Waals surface area contributed by atoms with E-state index in [2.05, 4.69) is 10.3 Å². The van der Waals surface area contributed by atoms with Gasteiger partial charge in [0, 0.05) is 0 Å². The molecule has 1 saturated carbocycles. The Morgan fingerprint density at radius 3 is 2.64 bits per heavy atom. The minimum Gasteiger partial charge on any atom is -0.481 e. The van der Waals surface area contributed by atoms with Gasteiger partial charge in [0.15, 0.2) is 0 Å². The fourth-order valence-corrected chi connectivity index (χ4v) is 2.11. The fraction of sp³-hybridized carbons (Fsp3) is 0.667. The molecule has 0 atom stereocenters. The molecule has 0 bridgehead atoms. The van der Waals surface area contributed by atoms with Crippen molar-refractivity contribution in [2.45, 2.75) is 31.2 Å². The van der Waals surface area contributed by atoms with E-state index in [0.717, 1.165) is 0 Å². The summed E-state index contributed by atoms with van der Waals surface area (Å²) in [7, 11) is 0. The third-order valence-corrected chi connectivity index (χ3v) is 3.09. The van der Waals surface area contributed by atoms with Gasteiger partial charge in [0.1, 0.15) is 5.54 Å². The maximum absolute atomic E-state index is 11.4. The van der Waals surface area contributed by atoms with Crippen LogP contribution in [0.3, 0.4) is 0 Å². The lowest BCUT2D eigenvalue weighted by Gasteiger charge is -2.30. The smallest absolute Gasteiger partial charge is 0.306 e. The molecule has 1 amide bonds. The Morgan fingerprint density at radius 1 is 1.57 bits per heavy atom. The minimum atomic E-state index is -0.762. The van der Waals surface area contributed by atoms with Crippen LogP contribution >= 0.6 is 0 Å². The van der Waals surface area contributed by atoms with Crippen LogP contribution in [0.2, 0.25) is 0 Å². The van der Waals surface area contributed by atoms with Gasteiger partial charge in [-0.1, -0.05) is 0 Å². The summed E-state index contributed by atoms with van der Waals surface area (Å²) in [6.07, 6.45) is 3.60. The van der Waals surface area contributed by atoms with Crippen LogP contribution in [0.4, 0.5) is 0 Å². The van der Waals surface area contributed by atoms with Crippen molar-refractivity contribution in [3.8, 4) is 0 Å². The quantitative estimate of drug-likeness (QED) is 0.627. The predicted molar refractivity (Wildman–Crippen MR) is 49.0 cm³/mol. The van der Waals surface area contributed by atoms with Gasteiger partial charge < -0.3 is 10.4 Å². The zero-order valence-corrected chi connectivity index (χ0v) is 7.69. The first-order valence-electron chi connectivity index (χ1n) is 4.71. The highest BCUT2D eigenvalue weighted by Gasteiger charge is 2.44. The molecule has 2 aliphatic rings. The average Bonchev–Trinajstić information content (AvgIpc) is 2.49. The minimum absolute atomic E-state index is 0.0821. The second kappa shape index (κ2) is 3.08. The molecule has 0 aromatic carbocycles. The number of hydrogen-bond donors (Lipinski definition) is 2. The average molecular weight is 196 g/mol. The van der Waals surface area contributed by atoms with Gasteiger partial charge in [-0.05, 0) is 25.7 Å². The largest absolute Gasteiger partial charge is 0.481 e. The Hall–Kier alpha value is -1.39. The van der Waals surface area contributed by atoms with Gasteiger partial charge in [-0.25, -0.2) is 0 Å². The lowest BCUT2D eigenvalue weighted by Crippen LogP contribution is -2.42. The first kappa shape index (κ1) is 9.18. The van der Waals surface area contributed by atoms with Crippen LogP contribution in [0.25, 0.3) is 0 Å². The van der Waals surface area contributed by atoms with E-state index in [1.807, 2.05) is 0 Å². The highest BCUT2D eigenvalue weighted by atomic mass is 16.4. The number of nitrogens with zero attached hydrogens (tertiary/aromatic N) is 1. The first-order valence-corrected chi connectivity index (χ1v) is 4.71. The first-order chi connectivity index (χ1) is 6.64. The van der Waals surface area contributed by atoms with Crippen molar-refractivity contribution >= 4 is 18.2 Å². The van der Waals surface area contributed by atoms with Gasteiger partial charge in [0.2, 0.25) is 0 Å². The Labute approximate surface area is 81.2 Å². The molecule has 1 fully saturated rings. The summed E-state index contributed by atoms with van der Waals surface area (Å²) in [5.74, 6) is -1.15. The summed E-state index contributed by atoms with van der Waals surface area (Å²) in [6.45, 7) is 0.